The molecular weight excluding hydrogens is 198 g/mol. The second kappa shape index (κ2) is 5.05. The fourth-order valence-corrected chi connectivity index (χ4v) is 3.23. The third-order valence-corrected chi connectivity index (χ3v) is 4.63. The normalized spacial score (nSPS) is 35.4. The number of hydrogen-bond acceptors (Lipinski definition) is 2. The Hall–Kier alpha value is -0.0800. The van der Waals surface area contributed by atoms with Crippen molar-refractivity contribution in [2.24, 2.45) is 17.1 Å². The van der Waals surface area contributed by atoms with E-state index in [2.05, 4.69) is 13.8 Å². The maximum Gasteiger partial charge on any atom is 0.0731 e. The second-order valence-corrected chi connectivity index (χ2v) is 6.43. The number of rotatable bonds is 3. The lowest BCUT2D eigenvalue weighted by Gasteiger charge is -2.41. The summed E-state index contributed by atoms with van der Waals surface area (Å²) in [6.45, 7) is 5.51. The minimum Gasteiger partial charge on any atom is -0.376 e. The third kappa shape index (κ3) is 2.78. The zero-order valence-electron chi connectivity index (χ0n) is 10.9. The lowest BCUT2D eigenvalue weighted by molar-refractivity contribution is -0.0371. The van der Waals surface area contributed by atoms with Crippen LogP contribution in [0.25, 0.3) is 0 Å². The summed E-state index contributed by atoms with van der Waals surface area (Å²) in [4.78, 5) is 0. The Balaban J connectivity index is 1.79. The molecule has 0 aromatic carbocycles. The van der Waals surface area contributed by atoms with Crippen LogP contribution in [0, 0.1) is 11.3 Å². The standard InChI is InChI=1S/C14H27NO/c1-14(2)9-5-8-12(13(14)15)16-10-11-6-3-4-7-11/h11-13H,3-10,15H2,1-2H3. The van der Waals surface area contributed by atoms with Crippen molar-refractivity contribution in [3.63, 3.8) is 0 Å². The smallest absolute Gasteiger partial charge is 0.0731 e. The van der Waals surface area contributed by atoms with E-state index in [0.29, 0.717) is 6.10 Å². The van der Waals surface area contributed by atoms with Crippen molar-refractivity contribution in [3.8, 4) is 0 Å². The highest BCUT2D eigenvalue weighted by Gasteiger charge is 2.37. The Morgan fingerprint density at radius 2 is 1.81 bits per heavy atom. The Morgan fingerprint density at radius 3 is 2.50 bits per heavy atom. The molecule has 0 saturated heterocycles. The van der Waals surface area contributed by atoms with E-state index in [-0.39, 0.29) is 11.5 Å². The molecule has 2 N–H and O–H groups in total. The molecule has 2 rings (SSSR count). The highest BCUT2D eigenvalue weighted by molar-refractivity contribution is 4.92. The van der Waals surface area contributed by atoms with Crippen LogP contribution in [-0.2, 0) is 4.74 Å². The zero-order valence-corrected chi connectivity index (χ0v) is 10.9. The van der Waals surface area contributed by atoms with Crippen LogP contribution < -0.4 is 5.73 Å². The van der Waals surface area contributed by atoms with E-state index in [1.54, 1.807) is 0 Å². The van der Waals surface area contributed by atoms with Crippen LogP contribution in [0.2, 0.25) is 0 Å². The van der Waals surface area contributed by atoms with Crippen molar-refractivity contribution in [1.29, 1.82) is 0 Å². The van der Waals surface area contributed by atoms with Crippen LogP contribution in [-0.4, -0.2) is 18.8 Å². The predicted molar refractivity (Wildman–Crippen MR) is 67.3 cm³/mol. The Kier molecular flexibility index (Phi) is 3.91. The molecule has 0 heterocycles. The van der Waals surface area contributed by atoms with Crippen LogP contribution >= 0.6 is 0 Å². The van der Waals surface area contributed by atoms with Crippen LogP contribution in [0.5, 0.6) is 0 Å². The van der Waals surface area contributed by atoms with Gasteiger partial charge in [-0.25, -0.2) is 0 Å². The van der Waals surface area contributed by atoms with Crippen molar-refractivity contribution >= 4 is 0 Å². The summed E-state index contributed by atoms with van der Waals surface area (Å²) in [7, 11) is 0. The molecule has 2 saturated carbocycles. The first-order valence-electron chi connectivity index (χ1n) is 6.97. The Bertz CT molecular complexity index is 221. The molecule has 2 aliphatic carbocycles. The van der Waals surface area contributed by atoms with Crippen molar-refractivity contribution in [2.45, 2.75) is 70.9 Å². The molecular formula is C14H27NO. The van der Waals surface area contributed by atoms with E-state index in [1.807, 2.05) is 0 Å². The van der Waals surface area contributed by atoms with Gasteiger partial charge in [0.25, 0.3) is 0 Å². The summed E-state index contributed by atoms with van der Waals surface area (Å²) in [5.74, 6) is 0.817. The van der Waals surface area contributed by atoms with Gasteiger partial charge < -0.3 is 10.5 Å². The molecule has 0 aromatic rings. The molecule has 0 spiro atoms. The maximum atomic E-state index is 6.32. The topological polar surface area (TPSA) is 35.2 Å². The molecule has 2 nitrogen and oxygen atoms in total. The van der Waals surface area contributed by atoms with Crippen LogP contribution in [0.1, 0.15) is 58.8 Å². The van der Waals surface area contributed by atoms with Gasteiger partial charge in [-0.15, -0.1) is 0 Å². The van der Waals surface area contributed by atoms with Gasteiger partial charge in [-0.1, -0.05) is 33.1 Å². The van der Waals surface area contributed by atoms with E-state index < -0.39 is 0 Å². The van der Waals surface area contributed by atoms with Gasteiger partial charge in [0.05, 0.1) is 6.10 Å². The highest BCUT2D eigenvalue weighted by Crippen LogP contribution is 2.36. The van der Waals surface area contributed by atoms with Gasteiger partial charge in [0.1, 0.15) is 0 Å². The summed E-state index contributed by atoms with van der Waals surface area (Å²) in [6, 6.07) is 0.225. The van der Waals surface area contributed by atoms with Gasteiger partial charge in [-0.05, 0) is 37.0 Å². The first kappa shape index (κ1) is 12.4. The fourth-order valence-electron chi connectivity index (χ4n) is 3.23. The van der Waals surface area contributed by atoms with Gasteiger partial charge in [0, 0.05) is 12.6 Å². The largest absolute Gasteiger partial charge is 0.376 e. The molecule has 2 atom stereocenters. The first-order chi connectivity index (χ1) is 7.59. The molecule has 0 bridgehead atoms. The van der Waals surface area contributed by atoms with E-state index >= 15 is 0 Å². The van der Waals surface area contributed by atoms with Crippen molar-refractivity contribution < 1.29 is 4.74 Å². The molecule has 94 valence electrons. The highest BCUT2D eigenvalue weighted by atomic mass is 16.5. The lowest BCUT2D eigenvalue weighted by atomic mass is 9.72. The zero-order chi connectivity index (χ0) is 11.6. The second-order valence-electron chi connectivity index (χ2n) is 6.43. The number of ether oxygens (including phenoxy) is 1. The van der Waals surface area contributed by atoms with Crippen LogP contribution in [0.15, 0.2) is 0 Å². The molecule has 2 fully saturated rings. The average molecular weight is 225 g/mol. The third-order valence-electron chi connectivity index (χ3n) is 4.63. The monoisotopic (exact) mass is 225 g/mol. The van der Waals surface area contributed by atoms with Crippen molar-refractivity contribution in [1.82, 2.24) is 0 Å². The number of hydrogen-bond donors (Lipinski definition) is 1. The summed E-state index contributed by atoms with van der Waals surface area (Å²) >= 11 is 0. The van der Waals surface area contributed by atoms with E-state index in [0.717, 1.165) is 18.9 Å². The van der Waals surface area contributed by atoms with Crippen LogP contribution in [0.4, 0.5) is 0 Å². The minimum absolute atomic E-state index is 0.225. The van der Waals surface area contributed by atoms with E-state index in [1.165, 1.54) is 38.5 Å². The lowest BCUT2D eigenvalue weighted by Crippen LogP contribution is -2.50. The molecule has 0 aromatic heterocycles. The predicted octanol–water partition coefficient (Wildman–Crippen LogP) is 3.10. The molecule has 0 aliphatic heterocycles. The molecule has 0 radical (unpaired) electrons. The minimum atomic E-state index is 0.225. The first-order valence-corrected chi connectivity index (χ1v) is 6.97. The van der Waals surface area contributed by atoms with Gasteiger partial charge in [0.15, 0.2) is 0 Å². The maximum absolute atomic E-state index is 6.32. The molecule has 2 heteroatoms. The quantitative estimate of drug-likeness (QED) is 0.801. The van der Waals surface area contributed by atoms with Crippen LogP contribution in [0.3, 0.4) is 0 Å². The van der Waals surface area contributed by atoms with E-state index in [9.17, 15) is 0 Å². The van der Waals surface area contributed by atoms with Crippen molar-refractivity contribution in [2.75, 3.05) is 6.61 Å². The Morgan fingerprint density at radius 1 is 1.12 bits per heavy atom. The average Bonchev–Trinajstić information content (AvgIpc) is 2.73. The van der Waals surface area contributed by atoms with Crippen molar-refractivity contribution in [3.05, 3.63) is 0 Å². The summed E-state index contributed by atoms with van der Waals surface area (Å²) < 4.78 is 6.09. The molecule has 16 heavy (non-hydrogen) atoms. The molecule has 0 amide bonds. The Labute approximate surface area is 99.9 Å². The van der Waals surface area contributed by atoms with Gasteiger partial charge in [-0.2, -0.15) is 0 Å². The van der Waals surface area contributed by atoms with E-state index in [4.69, 9.17) is 10.5 Å². The number of nitrogens with two attached hydrogens (primary N) is 1. The fraction of sp³-hybridized carbons (Fsp3) is 1.00. The summed E-state index contributed by atoms with van der Waals surface area (Å²) in [6.07, 6.45) is 9.53. The molecule has 2 unspecified atom stereocenters. The molecule has 2 aliphatic rings. The summed E-state index contributed by atoms with van der Waals surface area (Å²) in [5.41, 5.74) is 6.58. The SMILES string of the molecule is CC1(C)CCCC(OCC2CCCC2)C1N. The van der Waals surface area contributed by atoms with Gasteiger partial charge in [0.2, 0.25) is 0 Å². The van der Waals surface area contributed by atoms with Gasteiger partial charge in [-0.3, -0.25) is 0 Å². The van der Waals surface area contributed by atoms with Gasteiger partial charge >= 0.3 is 0 Å². The summed E-state index contributed by atoms with van der Waals surface area (Å²) in [5, 5.41) is 0.